The third-order valence-electron chi connectivity index (χ3n) is 3.92. The van der Waals surface area contributed by atoms with Crippen molar-refractivity contribution in [3.8, 4) is 0 Å². The third-order valence-corrected chi connectivity index (χ3v) is 3.92. The summed E-state index contributed by atoms with van der Waals surface area (Å²) in [6.45, 7) is 2.02. The zero-order valence-corrected chi connectivity index (χ0v) is 11.7. The summed E-state index contributed by atoms with van der Waals surface area (Å²) >= 11 is 0. The van der Waals surface area contributed by atoms with Crippen molar-refractivity contribution in [2.75, 3.05) is 0 Å². The van der Waals surface area contributed by atoms with Crippen LogP contribution >= 0.6 is 0 Å². The van der Waals surface area contributed by atoms with E-state index in [1.54, 1.807) is 0 Å². The number of nitrogens with zero attached hydrogens (tertiary/aromatic N) is 1. The standard InChI is InChI=1S/C16H16N4O/c1-9-12(11-4-2-3-5-14(11)17-9)8-13-15(18-10-6-7-10)19-20-16(13)21/h2-5,8,10,17H,6-7H2,1H3,(H,18,19)(H,20,21). The predicted molar refractivity (Wildman–Crippen MR) is 82.7 cm³/mol. The van der Waals surface area contributed by atoms with Crippen LogP contribution in [0.5, 0.6) is 0 Å². The quantitative estimate of drug-likeness (QED) is 0.737. The van der Waals surface area contributed by atoms with E-state index in [1.165, 1.54) is 0 Å². The molecular formula is C16H16N4O. The average molecular weight is 280 g/mol. The number of carbonyl (C=O) groups is 1. The highest BCUT2D eigenvalue weighted by molar-refractivity contribution is 6.27. The van der Waals surface area contributed by atoms with E-state index in [2.05, 4.69) is 26.9 Å². The van der Waals surface area contributed by atoms with Crippen molar-refractivity contribution >= 4 is 28.7 Å². The highest BCUT2D eigenvalue weighted by Crippen LogP contribution is 2.26. The van der Waals surface area contributed by atoms with Gasteiger partial charge in [0.15, 0.2) is 5.84 Å². The summed E-state index contributed by atoms with van der Waals surface area (Å²) in [6.07, 6.45) is 4.21. The second-order valence-corrected chi connectivity index (χ2v) is 5.59. The number of benzene rings is 1. The molecule has 0 saturated heterocycles. The fraction of sp³-hybridized carbons (Fsp3) is 0.250. The van der Waals surface area contributed by atoms with Crippen molar-refractivity contribution in [1.82, 2.24) is 15.7 Å². The van der Waals surface area contributed by atoms with Gasteiger partial charge >= 0.3 is 0 Å². The Kier molecular flexibility index (Phi) is 2.60. The van der Waals surface area contributed by atoms with Gasteiger partial charge in [0, 0.05) is 28.2 Å². The van der Waals surface area contributed by atoms with Crippen LogP contribution in [0.2, 0.25) is 0 Å². The molecule has 1 aliphatic carbocycles. The van der Waals surface area contributed by atoms with Gasteiger partial charge in [-0.2, -0.15) is 5.10 Å². The smallest absolute Gasteiger partial charge is 0.275 e. The molecule has 2 aromatic rings. The first-order chi connectivity index (χ1) is 10.2. The minimum atomic E-state index is -0.150. The van der Waals surface area contributed by atoms with E-state index >= 15 is 0 Å². The second kappa shape index (κ2) is 4.48. The summed E-state index contributed by atoms with van der Waals surface area (Å²) in [5.74, 6) is 0.509. The molecule has 1 saturated carbocycles. The van der Waals surface area contributed by atoms with Gasteiger partial charge in [-0.3, -0.25) is 4.79 Å². The lowest BCUT2D eigenvalue weighted by molar-refractivity contribution is -0.116. The molecule has 0 atom stereocenters. The maximum Gasteiger partial charge on any atom is 0.275 e. The SMILES string of the molecule is Cc1[nH]c2ccccc2c1C=C1C(=O)NN=C1NC1CC1. The first-order valence-electron chi connectivity index (χ1n) is 7.16. The molecule has 1 aromatic heterocycles. The molecule has 21 heavy (non-hydrogen) atoms. The minimum absolute atomic E-state index is 0.150. The summed E-state index contributed by atoms with van der Waals surface area (Å²) < 4.78 is 0. The number of hydrazone groups is 1. The van der Waals surface area contributed by atoms with Crippen LogP contribution < -0.4 is 10.7 Å². The van der Waals surface area contributed by atoms with E-state index in [0.717, 1.165) is 35.0 Å². The first kappa shape index (κ1) is 12.2. The van der Waals surface area contributed by atoms with Crippen molar-refractivity contribution in [1.29, 1.82) is 0 Å². The van der Waals surface area contributed by atoms with Gasteiger partial charge in [0.05, 0.1) is 5.57 Å². The number of hydrogen-bond donors (Lipinski definition) is 3. The van der Waals surface area contributed by atoms with Gasteiger partial charge in [-0.05, 0) is 31.9 Å². The summed E-state index contributed by atoms with van der Waals surface area (Å²) in [4.78, 5) is 15.4. The Bertz CT molecular complexity index is 796. The Balaban J connectivity index is 1.79. The summed E-state index contributed by atoms with van der Waals surface area (Å²) in [5.41, 5.74) is 6.32. The van der Waals surface area contributed by atoms with Crippen molar-refractivity contribution in [3.05, 3.63) is 41.1 Å². The molecule has 0 bridgehead atoms. The van der Waals surface area contributed by atoms with Crippen LogP contribution in [0.15, 0.2) is 34.9 Å². The Morgan fingerprint density at radius 2 is 2.14 bits per heavy atom. The number of amides is 1. The van der Waals surface area contributed by atoms with Crippen LogP contribution in [0.4, 0.5) is 0 Å². The molecule has 0 unspecified atom stereocenters. The largest absolute Gasteiger partial charge is 0.365 e. The normalized spacial score (nSPS) is 20.0. The van der Waals surface area contributed by atoms with Crippen LogP contribution in [-0.4, -0.2) is 22.8 Å². The van der Waals surface area contributed by atoms with Crippen molar-refractivity contribution in [3.63, 3.8) is 0 Å². The molecular weight excluding hydrogens is 264 g/mol. The van der Waals surface area contributed by atoms with Gasteiger partial charge < -0.3 is 10.3 Å². The Morgan fingerprint density at radius 1 is 1.33 bits per heavy atom. The molecule has 5 nitrogen and oxygen atoms in total. The first-order valence-corrected chi connectivity index (χ1v) is 7.16. The number of aromatic amines is 1. The Morgan fingerprint density at radius 3 is 2.95 bits per heavy atom. The number of aryl methyl sites for hydroxylation is 1. The molecule has 0 radical (unpaired) electrons. The van der Waals surface area contributed by atoms with Crippen LogP contribution in [0, 0.1) is 6.92 Å². The Hall–Kier alpha value is -2.56. The molecule has 4 rings (SSSR count). The van der Waals surface area contributed by atoms with Crippen molar-refractivity contribution < 1.29 is 4.79 Å². The second-order valence-electron chi connectivity index (χ2n) is 5.59. The van der Waals surface area contributed by atoms with Crippen molar-refractivity contribution in [2.45, 2.75) is 25.8 Å². The molecule has 5 heteroatoms. The molecule has 3 N–H and O–H groups in total. The zero-order valence-electron chi connectivity index (χ0n) is 11.7. The maximum atomic E-state index is 12.0. The average Bonchev–Trinajstić information content (AvgIpc) is 3.15. The van der Waals surface area contributed by atoms with E-state index in [1.807, 2.05) is 31.2 Å². The van der Waals surface area contributed by atoms with E-state index < -0.39 is 0 Å². The molecule has 1 aliphatic heterocycles. The molecule has 1 fully saturated rings. The van der Waals surface area contributed by atoms with Gasteiger partial charge in [-0.25, -0.2) is 5.43 Å². The molecule has 0 spiro atoms. The monoisotopic (exact) mass is 280 g/mol. The van der Waals surface area contributed by atoms with Crippen LogP contribution in [0.3, 0.4) is 0 Å². The number of para-hydroxylation sites is 1. The zero-order chi connectivity index (χ0) is 14.4. The number of rotatable bonds is 2. The predicted octanol–water partition coefficient (Wildman–Crippen LogP) is 2.06. The van der Waals surface area contributed by atoms with E-state index in [4.69, 9.17) is 0 Å². The summed E-state index contributed by atoms with van der Waals surface area (Å²) in [7, 11) is 0. The van der Waals surface area contributed by atoms with Crippen LogP contribution in [0.1, 0.15) is 24.1 Å². The number of nitrogens with one attached hydrogen (secondary N) is 3. The third kappa shape index (κ3) is 2.11. The number of carbonyl (C=O) groups excluding carboxylic acids is 1. The van der Waals surface area contributed by atoms with Gasteiger partial charge in [0.2, 0.25) is 0 Å². The minimum Gasteiger partial charge on any atom is -0.365 e. The number of aromatic nitrogens is 1. The topological polar surface area (TPSA) is 69.3 Å². The van der Waals surface area contributed by atoms with E-state index in [0.29, 0.717) is 17.5 Å². The molecule has 106 valence electrons. The molecule has 2 aliphatic rings. The van der Waals surface area contributed by atoms with Gasteiger partial charge in [-0.15, -0.1) is 0 Å². The lowest BCUT2D eigenvalue weighted by atomic mass is 10.1. The highest BCUT2D eigenvalue weighted by atomic mass is 16.2. The van der Waals surface area contributed by atoms with Gasteiger partial charge in [0.1, 0.15) is 0 Å². The molecule has 1 amide bonds. The van der Waals surface area contributed by atoms with Gasteiger partial charge in [-0.1, -0.05) is 18.2 Å². The lowest BCUT2D eigenvalue weighted by Gasteiger charge is -2.04. The summed E-state index contributed by atoms with van der Waals surface area (Å²) in [6, 6.07) is 8.56. The lowest BCUT2D eigenvalue weighted by Crippen LogP contribution is -2.26. The van der Waals surface area contributed by atoms with E-state index in [9.17, 15) is 4.79 Å². The molecule has 1 aromatic carbocycles. The fourth-order valence-electron chi connectivity index (χ4n) is 2.63. The maximum absolute atomic E-state index is 12.0. The fourth-order valence-corrected chi connectivity index (χ4v) is 2.63. The van der Waals surface area contributed by atoms with Gasteiger partial charge in [0.25, 0.3) is 5.91 Å². The highest BCUT2D eigenvalue weighted by Gasteiger charge is 2.29. The number of H-pyrrole nitrogens is 1. The van der Waals surface area contributed by atoms with Crippen LogP contribution in [0.25, 0.3) is 17.0 Å². The summed E-state index contributed by atoms with van der Waals surface area (Å²) in [5, 5.41) is 8.52. The number of fused-ring (bicyclic) bond motifs is 1. The molecule has 2 heterocycles. The van der Waals surface area contributed by atoms with Crippen molar-refractivity contribution in [2.24, 2.45) is 5.10 Å². The van der Waals surface area contributed by atoms with E-state index in [-0.39, 0.29) is 5.91 Å². The van der Waals surface area contributed by atoms with Crippen LogP contribution in [-0.2, 0) is 4.79 Å². The number of amidine groups is 1. The number of hydrogen-bond acceptors (Lipinski definition) is 3. The Labute approximate surface area is 122 Å².